The molecule has 0 spiro atoms. The zero-order chi connectivity index (χ0) is 24.6. The Labute approximate surface area is 202 Å². The number of aromatic nitrogens is 2. The van der Waals surface area contributed by atoms with Crippen LogP contribution in [0.4, 0.5) is 5.69 Å². The largest absolute Gasteiger partial charge is 0.497 e. The van der Waals surface area contributed by atoms with E-state index in [0.29, 0.717) is 5.56 Å². The number of carbonyl (C=O) groups is 1. The van der Waals surface area contributed by atoms with Crippen LogP contribution < -0.4 is 15.0 Å². The molecule has 4 rings (SSSR count). The first-order valence-electron chi connectivity index (χ1n) is 11.6. The zero-order valence-electron chi connectivity index (χ0n) is 21.2. The Bertz CT molecular complexity index is 1190. The lowest BCUT2D eigenvalue weighted by atomic mass is 9.90. The highest BCUT2D eigenvalue weighted by Gasteiger charge is 2.40. The van der Waals surface area contributed by atoms with E-state index in [1.165, 1.54) is 0 Å². The van der Waals surface area contributed by atoms with Crippen LogP contribution in [0.3, 0.4) is 0 Å². The van der Waals surface area contributed by atoms with Gasteiger partial charge in [-0.25, -0.2) is 0 Å². The molecule has 1 aromatic heterocycles. The summed E-state index contributed by atoms with van der Waals surface area (Å²) in [6.07, 6.45) is 3.79. The van der Waals surface area contributed by atoms with Crippen LogP contribution in [0.1, 0.15) is 41.4 Å². The maximum atomic E-state index is 13.3. The van der Waals surface area contributed by atoms with E-state index < -0.39 is 0 Å². The molecular weight excluding hydrogens is 426 g/mol. The summed E-state index contributed by atoms with van der Waals surface area (Å²) in [5.41, 5.74) is 5.91. The third-order valence-electron chi connectivity index (χ3n) is 7.02. The standard InChI is InChI=1S/C27H35N5O2/c1-18-8-9-23(32-16-27(3,17-32)30(4)5)13-25(18)26(33)29-19(2)20-10-21(12-24(11-20)34-7)22-14-28-31(6)15-22/h8-15,19H,16-17H2,1-7H3,(H,29,33)/t19-/m1/s1. The molecule has 0 radical (unpaired) electrons. The number of likely N-dealkylation sites (N-methyl/N-ethyl adjacent to an activating group) is 1. The van der Waals surface area contributed by atoms with Crippen LogP contribution in [0.15, 0.2) is 48.8 Å². The van der Waals surface area contributed by atoms with Crippen molar-refractivity contribution in [2.24, 2.45) is 7.05 Å². The van der Waals surface area contributed by atoms with Gasteiger partial charge < -0.3 is 19.9 Å². The Morgan fingerprint density at radius 1 is 1.18 bits per heavy atom. The molecule has 1 saturated heterocycles. The molecule has 2 aromatic carbocycles. The van der Waals surface area contributed by atoms with Gasteiger partial charge in [-0.3, -0.25) is 9.48 Å². The van der Waals surface area contributed by atoms with Crippen LogP contribution >= 0.6 is 0 Å². The molecule has 180 valence electrons. The maximum absolute atomic E-state index is 13.3. The van der Waals surface area contributed by atoms with Crippen LogP contribution in [0, 0.1) is 6.92 Å². The van der Waals surface area contributed by atoms with Crippen molar-refractivity contribution in [2.75, 3.05) is 39.2 Å². The summed E-state index contributed by atoms with van der Waals surface area (Å²) >= 11 is 0. The van der Waals surface area contributed by atoms with Crippen molar-refractivity contribution in [3.05, 3.63) is 65.5 Å². The number of rotatable bonds is 7. The van der Waals surface area contributed by atoms with Crippen LogP contribution in [0.5, 0.6) is 5.75 Å². The highest BCUT2D eigenvalue weighted by atomic mass is 16.5. The van der Waals surface area contributed by atoms with Gasteiger partial charge in [0.05, 0.1) is 24.9 Å². The number of ether oxygens (including phenoxy) is 1. The van der Waals surface area contributed by atoms with Crippen molar-refractivity contribution in [1.29, 1.82) is 0 Å². The van der Waals surface area contributed by atoms with E-state index in [9.17, 15) is 4.79 Å². The van der Waals surface area contributed by atoms with E-state index in [1.807, 2.05) is 57.6 Å². The summed E-state index contributed by atoms with van der Waals surface area (Å²) in [5, 5.41) is 7.46. The molecule has 2 heterocycles. The monoisotopic (exact) mass is 461 g/mol. The molecular formula is C27H35N5O2. The van der Waals surface area contributed by atoms with Gasteiger partial charge in [-0.05, 0) is 81.9 Å². The summed E-state index contributed by atoms with van der Waals surface area (Å²) in [6, 6.07) is 12.0. The van der Waals surface area contributed by atoms with E-state index >= 15 is 0 Å². The van der Waals surface area contributed by atoms with Crippen molar-refractivity contribution in [2.45, 2.75) is 32.4 Å². The van der Waals surface area contributed by atoms with E-state index in [0.717, 1.165) is 46.8 Å². The molecule has 7 heteroatoms. The molecule has 1 N–H and O–H groups in total. The van der Waals surface area contributed by atoms with Gasteiger partial charge in [0.15, 0.2) is 0 Å². The van der Waals surface area contributed by atoms with Gasteiger partial charge in [0.25, 0.3) is 5.91 Å². The Hall–Kier alpha value is -3.32. The van der Waals surface area contributed by atoms with Gasteiger partial charge in [0.2, 0.25) is 0 Å². The number of benzene rings is 2. The fraction of sp³-hybridized carbons (Fsp3) is 0.407. The number of hydrogen-bond donors (Lipinski definition) is 1. The second kappa shape index (κ2) is 9.14. The van der Waals surface area contributed by atoms with E-state index in [-0.39, 0.29) is 17.5 Å². The number of anilines is 1. The first kappa shape index (κ1) is 23.8. The first-order valence-corrected chi connectivity index (χ1v) is 11.6. The van der Waals surface area contributed by atoms with Crippen LogP contribution in [-0.4, -0.2) is 60.4 Å². The number of methoxy groups -OCH3 is 1. The molecule has 7 nitrogen and oxygen atoms in total. The third kappa shape index (κ3) is 4.66. The van der Waals surface area contributed by atoms with Crippen molar-refractivity contribution in [3.63, 3.8) is 0 Å². The van der Waals surface area contributed by atoms with Crippen molar-refractivity contribution < 1.29 is 9.53 Å². The normalized spacial score (nSPS) is 15.7. The van der Waals surface area contributed by atoms with E-state index in [2.05, 4.69) is 53.4 Å². The molecule has 1 amide bonds. The Morgan fingerprint density at radius 3 is 2.53 bits per heavy atom. The maximum Gasteiger partial charge on any atom is 0.252 e. The fourth-order valence-corrected chi connectivity index (χ4v) is 4.38. The van der Waals surface area contributed by atoms with Crippen LogP contribution in [0.2, 0.25) is 0 Å². The van der Waals surface area contributed by atoms with Crippen molar-refractivity contribution in [1.82, 2.24) is 20.0 Å². The predicted octanol–water partition coefficient (Wildman–Crippen LogP) is 4.04. The zero-order valence-corrected chi connectivity index (χ0v) is 21.2. The van der Waals surface area contributed by atoms with Crippen LogP contribution in [0.25, 0.3) is 11.1 Å². The van der Waals surface area contributed by atoms with Crippen LogP contribution in [-0.2, 0) is 7.05 Å². The first-order chi connectivity index (χ1) is 16.1. The lowest BCUT2D eigenvalue weighted by Gasteiger charge is -2.53. The van der Waals surface area contributed by atoms with E-state index in [4.69, 9.17) is 4.74 Å². The Morgan fingerprint density at radius 2 is 1.91 bits per heavy atom. The fourth-order valence-electron chi connectivity index (χ4n) is 4.38. The lowest BCUT2D eigenvalue weighted by Crippen LogP contribution is -2.67. The summed E-state index contributed by atoms with van der Waals surface area (Å²) in [4.78, 5) is 17.9. The molecule has 0 aliphatic carbocycles. The number of carbonyl (C=O) groups excluding carboxylic acids is 1. The van der Waals surface area contributed by atoms with Gasteiger partial charge in [-0.15, -0.1) is 0 Å². The topological polar surface area (TPSA) is 62.6 Å². The SMILES string of the molecule is COc1cc(-c2cnn(C)c2)cc([C@@H](C)NC(=O)c2cc(N3CC(C)(N(C)C)C3)ccc2C)c1. The average Bonchev–Trinajstić information content (AvgIpc) is 3.23. The smallest absolute Gasteiger partial charge is 0.252 e. The number of amides is 1. The van der Waals surface area contributed by atoms with Gasteiger partial charge >= 0.3 is 0 Å². The third-order valence-corrected chi connectivity index (χ3v) is 7.02. The minimum absolute atomic E-state index is 0.0755. The minimum atomic E-state index is -0.192. The number of aryl methyl sites for hydroxylation is 2. The highest BCUT2D eigenvalue weighted by Crippen LogP contribution is 2.32. The average molecular weight is 462 g/mol. The molecule has 3 aromatic rings. The number of nitrogens with zero attached hydrogens (tertiary/aromatic N) is 4. The summed E-state index contributed by atoms with van der Waals surface area (Å²) in [6.45, 7) is 8.14. The minimum Gasteiger partial charge on any atom is -0.497 e. The quantitative estimate of drug-likeness (QED) is 0.576. The highest BCUT2D eigenvalue weighted by molar-refractivity contribution is 5.97. The lowest BCUT2D eigenvalue weighted by molar-refractivity contribution is 0.0939. The number of nitrogens with one attached hydrogen (secondary N) is 1. The molecule has 1 aliphatic rings. The van der Waals surface area contributed by atoms with Gasteiger partial charge in [-0.2, -0.15) is 5.10 Å². The molecule has 0 unspecified atom stereocenters. The van der Waals surface area contributed by atoms with Gasteiger partial charge in [0.1, 0.15) is 5.75 Å². The molecule has 1 atom stereocenters. The Kier molecular flexibility index (Phi) is 6.41. The van der Waals surface area contributed by atoms with E-state index in [1.54, 1.807) is 11.8 Å². The molecule has 0 saturated carbocycles. The summed E-state index contributed by atoms with van der Waals surface area (Å²) in [5.74, 6) is 0.672. The molecule has 1 fully saturated rings. The predicted molar refractivity (Wildman–Crippen MR) is 137 cm³/mol. The molecule has 0 bridgehead atoms. The summed E-state index contributed by atoms with van der Waals surface area (Å²) < 4.78 is 7.30. The van der Waals surface area contributed by atoms with Gasteiger partial charge in [-0.1, -0.05) is 6.07 Å². The number of hydrogen-bond acceptors (Lipinski definition) is 5. The van der Waals surface area contributed by atoms with Gasteiger partial charge in [0, 0.05) is 43.1 Å². The Balaban J connectivity index is 1.53. The second-order valence-electron chi connectivity index (χ2n) is 9.84. The van der Waals surface area contributed by atoms with Crippen molar-refractivity contribution in [3.8, 4) is 16.9 Å². The molecule has 1 aliphatic heterocycles. The summed E-state index contributed by atoms with van der Waals surface area (Å²) in [7, 11) is 7.78. The molecule has 34 heavy (non-hydrogen) atoms. The second-order valence-corrected chi connectivity index (χ2v) is 9.84. The van der Waals surface area contributed by atoms with Crippen molar-refractivity contribution >= 4 is 11.6 Å².